The van der Waals surface area contributed by atoms with Crippen LogP contribution in [0.1, 0.15) is 29.3 Å². The van der Waals surface area contributed by atoms with Crippen molar-refractivity contribution in [3.8, 4) is 5.75 Å². The molecule has 0 aliphatic rings. The quantitative estimate of drug-likeness (QED) is 0.904. The maximum Gasteiger partial charge on any atom is 0.135 e. The Labute approximate surface area is 111 Å². The minimum atomic E-state index is -0.540. The third-order valence-electron chi connectivity index (χ3n) is 2.87. The molecule has 2 aromatic rings. The van der Waals surface area contributed by atoms with Gasteiger partial charge in [-0.3, -0.25) is 4.68 Å². The third-order valence-corrected chi connectivity index (χ3v) is 3.87. The number of rotatable bonds is 5. The molecule has 0 spiro atoms. The summed E-state index contributed by atoms with van der Waals surface area (Å²) >= 11 is 1.52. The van der Waals surface area contributed by atoms with Gasteiger partial charge in [0, 0.05) is 18.7 Å². The third kappa shape index (κ3) is 2.57. The molecule has 0 aliphatic heterocycles. The van der Waals surface area contributed by atoms with E-state index in [-0.39, 0.29) is 0 Å². The fourth-order valence-electron chi connectivity index (χ4n) is 2.05. The highest BCUT2D eigenvalue weighted by Gasteiger charge is 2.17. The number of aryl methyl sites for hydroxylation is 2. The minimum absolute atomic E-state index is 0.540. The Kier molecular flexibility index (Phi) is 4.04. The first-order chi connectivity index (χ1) is 8.65. The lowest BCUT2D eigenvalue weighted by Gasteiger charge is -2.11. The summed E-state index contributed by atoms with van der Waals surface area (Å²) in [5.74, 6) is 0.756. The van der Waals surface area contributed by atoms with Gasteiger partial charge in [0.2, 0.25) is 0 Å². The second-order valence-electron chi connectivity index (χ2n) is 4.17. The molecular weight excluding hydrogens is 248 g/mol. The van der Waals surface area contributed by atoms with E-state index in [1.54, 1.807) is 7.11 Å². The number of aliphatic hydroxyl groups excluding tert-OH is 1. The van der Waals surface area contributed by atoms with Gasteiger partial charge in [0.25, 0.3) is 0 Å². The average Bonchev–Trinajstić information content (AvgIpc) is 2.95. The van der Waals surface area contributed by atoms with Crippen molar-refractivity contribution >= 4 is 11.3 Å². The fraction of sp³-hybridized carbons (Fsp3) is 0.462. The van der Waals surface area contributed by atoms with Gasteiger partial charge in [-0.05, 0) is 31.4 Å². The fourth-order valence-corrected chi connectivity index (χ4v) is 2.89. The van der Waals surface area contributed by atoms with Crippen molar-refractivity contribution in [1.82, 2.24) is 9.78 Å². The minimum Gasteiger partial charge on any atom is -0.495 e. The smallest absolute Gasteiger partial charge is 0.135 e. The van der Waals surface area contributed by atoms with Crippen LogP contribution in [0.2, 0.25) is 0 Å². The normalized spacial score (nSPS) is 12.7. The van der Waals surface area contributed by atoms with Gasteiger partial charge in [-0.15, -0.1) is 11.3 Å². The molecule has 0 bridgehead atoms. The van der Waals surface area contributed by atoms with Gasteiger partial charge in [0.15, 0.2) is 0 Å². The van der Waals surface area contributed by atoms with Crippen LogP contribution in [0.3, 0.4) is 0 Å². The highest BCUT2D eigenvalue weighted by atomic mass is 32.1. The molecule has 0 fully saturated rings. The first-order valence-corrected chi connectivity index (χ1v) is 6.86. The predicted octanol–water partition coefficient (Wildman–Crippen LogP) is 2.56. The van der Waals surface area contributed by atoms with Crippen molar-refractivity contribution in [2.75, 3.05) is 7.11 Å². The van der Waals surface area contributed by atoms with Gasteiger partial charge in [-0.1, -0.05) is 0 Å². The molecular formula is C13H18N2O2S. The van der Waals surface area contributed by atoms with E-state index in [2.05, 4.69) is 5.10 Å². The molecule has 2 rings (SSSR count). The van der Waals surface area contributed by atoms with Crippen molar-refractivity contribution in [1.29, 1.82) is 0 Å². The Balaban J connectivity index is 2.18. The Morgan fingerprint density at radius 2 is 2.33 bits per heavy atom. The topological polar surface area (TPSA) is 47.3 Å². The van der Waals surface area contributed by atoms with Crippen molar-refractivity contribution in [3.05, 3.63) is 33.8 Å². The lowest BCUT2D eigenvalue weighted by molar-refractivity contribution is 0.175. The molecule has 4 nitrogen and oxygen atoms in total. The largest absolute Gasteiger partial charge is 0.495 e. The molecule has 2 aromatic heterocycles. The second-order valence-corrected chi connectivity index (χ2v) is 5.11. The second kappa shape index (κ2) is 5.54. The molecule has 5 heteroatoms. The van der Waals surface area contributed by atoms with Gasteiger partial charge in [0.1, 0.15) is 5.75 Å². The molecule has 18 heavy (non-hydrogen) atoms. The zero-order valence-corrected chi connectivity index (χ0v) is 11.7. The molecule has 1 N–H and O–H groups in total. The van der Waals surface area contributed by atoms with E-state index < -0.39 is 6.10 Å². The Hall–Kier alpha value is -1.33. The standard InChI is InChI=1S/C13H18N2O2S/c1-4-15-10(7-9(2)14-15)8-11(16)13-12(17-3)5-6-18-13/h5-7,11,16H,4,8H2,1-3H3. The number of ether oxygens (including phenoxy) is 1. The average molecular weight is 266 g/mol. The number of aromatic nitrogens is 2. The summed E-state index contributed by atoms with van der Waals surface area (Å²) in [6.07, 6.45) is 0.0206. The van der Waals surface area contributed by atoms with E-state index in [4.69, 9.17) is 4.74 Å². The molecule has 98 valence electrons. The molecule has 0 saturated heterocycles. The summed E-state index contributed by atoms with van der Waals surface area (Å²) in [4.78, 5) is 0.874. The molecule has 1 atom stereocenters. The van der Waals surface area contributed by atoms with Gasteiger partial charge >= 0.3 is 0 Å². The number of methoxy groups -OCH3 is 1. The SMILES string of the molecule is CCn1nc(C)cc1CC(O)c1sccc1OC. The summed E-state index contributed by atoms with van der Waals surface area (Å²) in [6.45, 7) is 4.83. The van der Waals surface area contributed by atoms with Gasteiger partial charge in [-0.2, -0.15) is 5.10 Å². The maximum atomic E-state index is 10.3. The highest BCUT2D eigenvalue weighted by molar-refractivity contribution is 7.10. The Bertz CT molecular complexity index is 519. The van der Waals surface area contributed by atoms with Crippen LogP contribution in [0.4, 0.5) is 0 Å². The Morgan fingerprint density at radius 1 is 1.56 bits per heavy atom. The Morgan fingerprint density at radius 3 is 3.00 bits per heavy atom. The van der Waals surface area contributed by atoms with Crippen molar-refractivity contribution in [3.63, 3.8) is 0 Å². The van der Waals surface area contributed by atoms with Gasteiger partial charge in [0.05, 0.1) is 23.8 Å². The maximum absolute atomic E-state index is 10.3. The number of aliphatic hydroxyl groups is 1. The van der Waals surface area contributed by atoms with E-state index in [0.717, 1.165) is 28.6 Å². The first-order valence-electron chi connectivity index (χ1n) is 5.98. The van der Waals surface area contributed by atoms with E-state index in [1.807, 2.05) is 36.0 Å². The van der Waals surface area contributed by atoms with Crippen LogP contribution in [-0.2, 0) is 13.0 Å². The monoisotopic (exact) mass is 266 g/mol. The zero-order valence-electron chi connectivity index (χ0n) is 10.9. The zero-order chi connectivity index (χ0) is 13.1. The van der Waals surface area contributed by atoms with E-state index in [1.165, 1.54) is 11.3 Å². The molecule has 2 heterocycles. The number of hydrogen-bond donors (Lipinski definition) is 1. The molecule has 0 aromatic carbocycles. The van der Waals surface area contributed by atoms with Crippen LogP contribution in [-0.4, -0.2) is 22.0 Å². The van der Waals surface area contributed by atoms with Crippen molar-refractivity contribution < 1.29 is 9.84 Å². The molecule has 0 radical (unpaired) electrons. The lowest BCUT2D eigenvalue weighted by Crippen LogP contribution is -2.08. The summed E-state index contributed by atoms with van der Waals surface area (Å²) in [5.41, 5.74) is 2.04. The van der Waals surface area contributed by atoms with Gasteiger partial charge < -0.3 is 9.84 Å². The van der Waals surface area contributed by atoms with Crippen molar-refractivity contribution in [2.45, 2.75) is 32.9 Å². The van der Waals surface area contributed by atoms with Crippen LogP contribution in [0.25, 0.3) is 0 Å². The summed E-state index contributed by atoms with van der Waals surface area (Å²) < 4.78 is 7.16. The summed E-state index contributed by atoms with van der Waals surface area (Å²) in [6, 6.07) is 3.90. The summed E-state index contributed by atoms with van der Waals surface area (Å²) in [5, 5.41) is 16.6. The van der Waals surface area contributed by atoms with E-state index in [9.17, 15) is 5.11 Å². The lowest BCUT2D eigenvalue weighted by atomic mass is 10.1. The first kappa shape index (κ1) is 13.1. The molecule has 0 aliphatic carbocycles. The van der Waals surface area contributed by atoms with Crippen LogP contribution in [0.15, 0.2) is 17.5 Å². The molecule has 0 saturated carbocycles. The molecule has 1 unspecified atom stereocenters. The highest BCUT2D eigenvalue weighted by Crippen LogP contribution is 2.32. The van der Waals surface area contributed by atoms with E-state index >= 15 is 0 Å². The molecule has 0 amide bonds. The van der Waals surface area contributed by atoms with Crippen LogP contribution in [0.5, 0.6) is 5.75 Å². The number of hydrogen-bond acceptors (Lipinski definition) is 4. The van der Waals surface area contributed by atoms with Crippen LogP contribution >= 0.6 is 11.3 Å². The van der Waals surface area contributed by atoms with E-state index in [0.29, 0.717) is 6.42 Å². The van der Waals surface area contributed by atoms with Crippen molar-refractivity contribution in [2.24, 2.45) is 0 Å². The van der Waals surface area contributed by atoms with Crippen LogP contribution in [0, 0.1) is 6.92 Å². The van der Waals surface area contributed by atoms with Gasteiger partial charge in [-0.25, -0.2) is 0 Å². The number of thiophene rings is 1. The summed E-state index contributed by atoms with van der Waals surface area (Å²) in [7, 11) is 1.62. The van der Waals surface area contributed by atoms with Crippen LogP contribution < -0.4 is 4.74 Å². The predicted molar refractivity (Wildman–Crippen MR) is 72.2 cm³/mol. The number of nitrogens with zero attached hydrogens (tertiary/aromatic N) is 2.